The van der Waals surface area contributed by atoms with Gasteiger partial charge in [0.25, 0.3) is 0 Å². The molecule has 0 aliphatic carbocycles. The monoisotopic (exact) mass is 480 g/mol. The summed E-state index contributed by atoms with van der Waals surface area (Å²) in [7, 11) is 1.63. The summed E-state index contributed by atoms with van der Waals surface area (Å²) in [6.07, 6.45) is 1.87. The quantitative estimate of drug-likeness (QED) is 0.438. The summed E-state index contributed by atoms with van der Waals surface area (Å²) in [5.41, 5.74) is 2.64. The van der Waals surface area contributed by atoms with E-state index in [1.54, 1.807) is 23.8 Å². The number of nitrogens with one attached hydrogen (secondary N) is 1. The van der Waals surface area contributed by atoms with E-state index in [0.717, 1.165) is 58.8 Å². The van der Waals surface area contributed by atoms with Crippen LogP contribution in [-0.2, 0) is 11.3 Å². The second-order valence-corrected chi connectivity index (χ2v) is 9.07. The zero-order chi connectivity index (χ0) is 23.5. The van der Waals surface area contributed by atoms with Crippen LogP contribution in [0.4, 0.5) is 9.52 Å². The summed E-state index contributed by atoms with van der Waals surface area (Å²) < 4.78 is 20.2. The van der Waals surface area contributed by atoms with Gasteiger partial charge >= 0.3 is 0 Å². The average Bonchev–Trinajstić information content (AvgIpc) is 3.44. The number of halogens is 1. The Hall–Kier alpha value is -3.50. The van der Waals surface area contributed by atoms with E-state index in [1.165, 1.54) is 23.5 Å². The Kier molecular flexibility index (Phi) is 6.41. The number of anilines is 1. The van der Waals surface area contributed by atoms with Crippen LogP contribution >= 0.6 is 11.3 Å². The first-order valence-electron chi connectivity index (χ1n) is 11.1. The van der Waals surface area contributed by atoms with E-state index in [-0.39, 0.29) is 11.7 Å². The second kappa shape index (κ2) is 9.78. The minimum Gasteiger partial charge on any atom is -0.497 e. The fraction of sp³-hybridized carbons (Fsp3) is 0.292. The van der Waals surface area contributed by atoms with Crippen molar-refractivity contribution < 1.29 is 13.9 Å². The van der Waals surface area contributed by atoms with E-state index >= 15 is 0 Å². The highest BCUT2D eigenvalue weighted by Crippen LogP contribution is 2.27. The summed E-state index contributed by atoms with van der Waals surface area (Å²) in [6, 6.07) is 14.0. The summed E-state index contributed by atoms with van der Waals surface area (Å²) in [4.78, 5) is 22.2. The van der Waals surface area contributed by atoms with Crippen LogP contribution in [-0.4, -0.2) is 65.2 Å². The Morgan fingerprint density at radius 3 is 2.68 bits per heavy atom. The van der Waals surface area contributed by atoms with Crippen LogP contribution in [0.2, 0.25) is 0 Å². The van der Waals surface area contributed by atoms with Crippen LogP contribution in [0.3, 0.4) is 0 Å². The Morgan fingerprint density at radius 1 is 1.15 bits per heavy atom. The third-order valence-corrected chi connectivity index (χ3v) is 6.79. The van der Waals surface area contributed by atoms with Crippen molar-refractivity contribution in [3.63, 3.8) is 0 Å². The summed E-state index contributed by atoms with van der Waals surface area (Å²) in [5, 5.41) is 8.58. The maximum Gasteiger partial charge on any atom is 0.234 e. The number of benzene rings is 2. The van der Waals surface area contributed by atoms with Crippen molar-refractivity contribution in [2.75, 3.05) is 44.7 Å². The lowest BCUT2D eigenvalue weighted by Gasteiger charge is -2.33. The highest BCUT2D eigenvalue weighted by atomic mass is 32.1. The van der Waals surface area contributed by atoms with E-state index in [0.29, 0.717) is 13.1 Å². The lowest BCUT2D eigenvalue weighted by Crippen LogP contribution is -2.49. The molecule has 2 aromatic heterocycles. The Morgan fingerprint density at radius 2 is 1.94 bits per heavy atom. The van der Waals surface area contributed by atoms with Gasteiger partial charge in [-0.25, -0.2) is 13.9 Å². The molecular formula is C24H25FN6O2S. The molecule has 3 heterocycles. The van der Waals surface area contributed by atoms with Gasteiger partial charge in [-0.1, -0.05) is 23.5 Å². The molecule has 0 unspecified atom stereocenters. The number of imidazole rings is 1. The number of ether oxygens (including phenoxy) is 1. The normalized spacial score (nSPS) is 14.5. The Labute approximate surface area is 200 Å². The SMILES string of the molecule is COc1cccc(CNC(=O)CN2CCN(c3nn4cc(-c5ccc(F)cc5)nc4s3)CC2)c1. The van der Waals surface area contributed by atoms with Gasteiger partial charge < -0.3 is 15.0 Å². The van der Waals surface area contributed by atoms with Crippen LogP contribution in [0.25, 0.3) is 16.2 Å². The third kappa shape index (κ3) is 5.02. The van der Waals surface area contributed by atoms with E-state index < -0.39 is 0 Å². The largest absolute Gasteiger partial charge is 0.497 e. The topological polar surface area (TPSA) is 75.0 Å². The molecule has 1 saturated heterocycles. The molecule has 1 amide bonds. The molecule has 0 spiro atoms. The maximum atomic E-state index is 13.2. The van der Waals surface area contributed by atoms with Gasteiger partial charge in [-0.2, -0.15) is 0 Å². The zero-order valence-corrected chi connectivity index (χ0v) is 19.6. The van der Waals surface area contributed by atoms with Crippen molar-refractivity contribution >= 4 is 27.3 Å². The lowest BCUT2D eigenvalue weighted by atomic mass is 10.2. The van der Waals surface area contributed by atoms with Crippen molar-refractivity contribution in [3.05, 3.63) is 66.1 Å². The van der Waals surface area contributed by atoms with Gasteiger partial charge in [0.1, 0.15) is 11.6 Å². The molecule has 1 fully saturated rings. The van der Waals surface area contributed by atoms with E-state index in [4.69, 9.17) is 4.74 Å². The average molecular weight is 481 g/mol. The fourth-order valence-corrected chi connectivity index (χ4v) is 4.85. The van der Waals surface area contributed by atoms with Crippen LogP contribution < -0.4 is 15.0 Å². The highest BCUT2D eigenvalue weighted by Gasteiger charge is 2.22. The highest BCUT2D eigenvalue weighted by molar-refractivity contribution is 7.20. The molecule has 4 aromatic rings. The molecule has 0 saturated carbocycles. The predicted octanol–water partition coefficient (Wildman–Crippen LogP) is 3.04. The molecular weight excluding hydrogens is 455 g/mol. The number of amides is 1. The third-order valence-electron chi connectivity index (χ3n) is 5.81. The van der Waals surface area contributed by atoms with Crippen molar-refractivity contribution in [3.8, 4) is 17.0 Å². The van der Waals surface area contributed by atoms with Gasteiger partial charge in [0.2, 0.25) is 16.0 Å². The number of nitrogens with zero attached hydrogens (tertiary/aromatic N) is 5. The maximum absolute atomic E-state index is 13.2. The van der Waals surface area contributed by atoms with Gasteiger partial charge in [0.15, 0.2) is 0 Å². The molecule has 0 radical (unpaired) electrons. The molecule has 1 aliphatic heterocycles. The number of piperazine rings is 1. The number of methoxy groups -OCH3 is 1. The van der Waals surface area contributed by atoms with Gasteiger partial charge in [-0.05, 0) is 42.0 Å². The number of aromatic nitrogens is 3. The molecule has 8 nitrogen and oxygen atoms in total. The predicted molar refractivity (Wildman–Crippen MR) is 130 cm³/mol. The summed E-state index contributed by atoms with van der Waals surface area (Å²) in [6.45, 7) is 4.02. The van der Waals surface area contributed by atoms with Gasteiger partial charge in [-0.15, -0.1) is 5.10 Å². The van der Waals surface area contributed by atoms with E-state index in [9.17, 15) is 9.18 Å². The molecule has 1 aliphatic rings. The second-order valence-electron chi connectivity index (χ2n) is 8.14. The minimum atomic E-state index is -0.265. The first-order valence-corrected chi connectivity index (χ1v) is 11.9. The van der Waals surface area contributed by atoms with Crippen molar-refractivity contribution in [2.45, 2.75) is 6.54 Å². The molecule has 34 heavy (non-hydrogen) atoms. The number of hydrogen-bond acceptors (Lipinski definition) is 7. The smallest absolute Gasteiger partial charge is 0.234 e. The lowest BCUT2D eigenvalue weighted by molar-refractivity contribution is -0.122. The molecule has 0 atom stereocenters. The number of carbonyl (C=O) groups is 1. The molecule has 176 valence electrons. The Balaban J connectivity index is 1.12. The molecule has 10 heteroatoms. The molecule has 1 N–H and O–H groups in total. The summed E-state index contributed by atoms with van der Waals surface area (Å²) >= 11 is 1.53. The zero-order valence-electron chi connectivity index (χ0n) is 18.8. The van der Waals surface area contributed by atoms with E-state index in [2.05, 4.69) is 25.2 Å². The molecule has 5 rings (SSSR count). The van der Waals surface area contributed by atoms with Crippen LogP contribution in [0.1, 0.15) is 5.56 Å². The standard InChI is InChI=1S/C24H25FN6O2S/c1-33-20-4-2-3-17(13-20)14-26-22(32)16-29-9-11-30(12-10-29)24-28-31-15-21(27-23(31)34-24)18-5-7-19(25)8-6-18/h2-8,13,15H,9-12,14,16H2,1H3,(H,26,32). The van der Waals surface area contributed by atoms with Crippen LogP contribution in [0.5, 0.6) is 5.75 Å². The number of carbonyl (C=O) groups excluding carboxylic acids is 1. The Bertz CT molecular complexity index is 1250. The molecule has 2 aromatic carbocycles. The van der Waals surface area contributed by atoms with Crippen LogP contribution in [0.15, 0.2) is 54.7 Å². The number of hydrogen-bond donors (Lipinski definition) is 1. The minimum absolute atomic E-state index is 0.0114. The number of rotatable bonds is 7. The molecule has 0 bridgehead atoms. The van der Waals surface area contributed by atoms with Crippen LogP contribution in [0, 0.1) is 5.82 Å². The fourth-order valence-electron chi connectivity index (χ4n) is 3.92. The van der Waals surface area contributed by atoms with Crippen molar-refractivity contribution in [1.29, 1.82) is 0 Å². The van der Waals surface area contributed by atoms with E-state index in [1.807, 2.05) is 30.5 Å². The van der Waals surface area contributed by atoms with Gasteiger partial charge in [0.05, 0.1) is 25.5 Å². The van der Waals surface area contributed by atoms with Gasteiger partial charge in [-0.3, -0.25) is 9.69 Å². The van der Waals surface area contributed by atoms with Crippen molar-refractivity contribution in [2.24, 2.45) is 0 Å². The van der Waals surface area contributed by atoms with Gasteiger partial charge in [0, 0.05) is 38.3 Å². The first kappa shape index (κ1) is 22.3. The summed E-state index contributed by atoms with van der Waals surface area (Å²) in [5.74, 6) is 0.528. The number of fused-ring (bicyclic) bond motifs is 1. The van der Waals surface area contributed by atoms with Crippen molar-refractivity contribution in [1.82, 2.24) is 24.8 Å². The first-order chi connectivity index (χ1) is 16.6.